The maximum atomic E-state index is 13.1. The second-order valence-electron chi connectivity index (χ2n) is 7.24. The van der Waals surface area contributed by atoms with Gasteiger partial charge in [-0.05, 0) is 56.5 Å². The molecule has 0 radical (unpaired) electrons. The Kier molecular flexibility index (Phi) is 4.94. The average molecular weight is 429 g/mol. The van der Waals surface area contributed by atoms with Crippen molar-refractivity contribution in [2.45, 2.75) is 44.4 Å². The van der Waals surface area contributed by atoms with Crippen molar-refractivity contribution in [2.24, 2.45) is 0 Å². The Morgan fingerprint density at radius 1 is 1.07 bits per heavy atom. The molecule has 0 bridgehead atoms. The van der Waals surface area contributed by atoms with Gasteiger partial charge in [-0.15, -0.1) is 0 Å². The molecule has 0 N–H and O–H groups in total. The molecule has 4 rings (SSSR count). The fourth-order valence-electron chi connectivity index (χ4n) is 3.65. The molecule has 0 saturated carbocycles. The summed E-state index contributed by atoms with van der Waals surface area (Å²) < 4.78 is 28.7. The minimum atomic E-state index is -1.19. The number of nitrogens with zero attached hydrogens (tertiary/aromatic N) is 4. The summed E-state index contributed by atoms with van der Waals surface area (Å²) in [6, 6.07) is 3.64. The van der Waals surface area contributed by atoms with Gasteiger partial charge in [0.1, 0.15) is 17.0 Å². The van der Waals surface area contributed by atoms with Crippen LogP contribution in [0.4, 0.5) is 0 Å². The molecule has 0 fully saturated rings. The molecule has 29 heavy (non-hydrogen) atoms. The molecule has 4 aromatic heterocycles. The maximum Gasteiger partial charge on any atom is 0.138 e. The van der Waals surface area contributed by atoms with Crippen LogP contribution in [-0.2, 0) is 21.6 Å². The SMILES string of the molecule is CCS(=O)c1c(-c2cn3ccc(S(C)=O)cc3n2)nn2c(C)c(C)c(C)c(C)c12. The lowest BCUT2D eigenvalue weighted by Crippen LogP contribution is -2.03. The summed E-state index contributed by atoms with van der Waals surface area (Å²) in [5.41, 5.74) is 7.42. The number of hydrogen-bond donors (Lipinski definition) is 0. The van der Waals surface area contributed by atoms with E-state index in [4.69, 9.17) is 10.1 Å². The van der Waals surface area contributed by atoms with Crippen molar-refractivity contribution in [3.8, 4) is 11.4 Å². The molecule has 152 valence electrons. The van der Waals surface area contributed by atoms with Gasteiger partial charge in [-0.1, -0.05) is 6.92 Å². The molecule has 4 aromatic rings. The molecule has 0 aliphatic carbocycles. The number of imidazole rings is 1. The Balaban J connectivity index is 2.07. The Labute approximate surface area is 174 Å². The molecule has 0 aliphatic rings. The number of pyridine rings is 2. The largest absolute Gasteiger partial charge is 0.306 e. The first-order valence-corrected chi connectivity index (χ1v) is 12.3. The van der Waals surface area contributed by atoms with Crippen LogP contribution in [0.25, 0.3) is 22.6 Å². The highest BCUT2D eigenvalue weighted by Gasteiger charge is 2.25. The highest BCUT2D eigenvalue weighted by molar-refractivity contribution is 7.85. The third kappa shape index (κ3) is 3.05. The van der Waals surface area contributed by atoms with Gasteiger partial charge in [0, 0.05) is 45.8 Å². The third-order valence-electron chi connectivity index (χ3n) is 5.68. The lowest BCUT2D eigenvalue weighted by molar-refractivity contribution is 0.684. The zero-order valence-electron chi connectivity index (χ0n) is 17.4. The van der Waals surface area contributed by atoms with Crippen molar-refractivity contribution >= 4 is 32.8 Å². The quantitative estimate of drug-likeness (QED) is 0.496. The highest BCUT2D eigenvalue weighted by atomic mass is 32.2. The fraction of sp³-hybridized carbons (Fsp3) is 0.333. The van der Waals surface area contributed by atoms with E-state index in [-0.39, 0.29) is 0 Å². The smallest absolute Gasteiger partial charge is 0.138 e. The van der Waals surface area contributed by atoms with E-state index in [1.165, 1.54) is 11.1 Å². The first kappa shape index (κ1) is 20.0. The van der Waals surface area contributed by atoms with Crippen molar-refractivity contribution in [1.29, 1.82) is 0 Å². The van der Waals surface area contributed by atoms with Crippen molar-refractivity contribution in [3.05, 3.63) is 46.9 Å². The van der Waals surface area contributed by atoms with Crippen LogP contribution in [0, 0.1) is 27.7 Å². The monoisotopic (exact) mass is 428 g/mol. The predicted molar refractivity (Wildman–Crippen MR) is 118 cm³/mol. The van der Waals surface area contributed by atoms with Gasteiger partial charge in [-0.25, -0.2) is 9.50 Å². The Bertz CT molecular complexity index is 1330. The summed E-state index contributed by atoms with van der Waals surface area (Å²) in [6.07, 6.45) is 5.39. The molecule has 0 aliphatic heterocycles. The summed E-state index contributed by atoms with van der Waals surface area (Å²) in [6.45, 7) is 10.2. The molecular weight excluding hydrogens is 404 g/mol. The van der Waals surface area contributed by atoms with E-state index in [9.17, 15) is 8.42 Å². The lowest BCUT2D eigenvalue weighted by Gasteiger charge is -2.12. The summed E-state index contributed by atoms with van der Waals surface area (Å²) >= 11 is 0. The molecule has 0 spiro atoms. The highest BCUT2D eigenvalue weighted by Crippen LogP contribution is 2.34. The van der Waals surface area contributed by atoms with Crippen molar-refractivity contribution < 1.29 is 8.42 Å². The minimum absolute atomic E-state index is 0.506. The molecule has 2 atom stereocenters. The van der Waals surface area contributed by atoms with E-state index in [1.54, 1.807) is 6.26 Å². The molecule has 0 aromatic carbocycles. The molecule has 0 amide bonds. The van der Waals surface area contributed by atoms with Gasteiger partial charge < -0.3 is 4.40 Å². The third-order valence-corrected chi connectivity index (χ3v) is 7.96. The Morgan fingerprint density at radius 3 is 2.45 bits per heavy atom. The zero-order valence-corrected chi connectivity index (χ0v) is 19.1. The van der Waals surface area contributed by atoms with Gasteiger partial charge >= 0.3 is 0 Å². The number of rotatable bonds is 4. The minimum Gasteiger partial charge on any atom is -0.306 e. The van der Waals surface area contributed by atoms with Gasteiger partial charge in [0.15, 0.2) is 0 Å². The molecule has 6 nitrogen and oxygen atoms in total. The van der Waals surface area contributed by atoms with Gasteiger partial charge in [0.25, 0.3) is 0 Å². The van der Waals surface area contributed by atoms with Crippen molar-refractivity contribution in [2.75, 3.05) is 12.0 Å². The summed E-state index contributed by atoms with van der Waals surface area (Å²) in [4.78, 5) is 6.18. The van der Waals surface area contributed by atoms with E-state index >= 15 is 0 Å². The predicted octanol–water partition coefficient (Wildman–Crippen LogP) is 3.75. The zero-order chi connectivity index (χ0) is 21.0. The average Bonchev–Trinajstić information content (AvgIpc) is 3.30. The maximum absolute atomic E-state index is 13.1. The first-order valence-electron chi connectivity index (χ1n) is 9.44. The Morgan fingerprint density at radius 2 is 1.79 bits per heavy atom. The number of aryl methyl sites for hydroxylation is 2. The van der Waals surface area contributed by atoms with Crippen LogP contribution in [0.2, 0.25) is 0 Å². The summed E-state index contributed by atoms with van der Waals surface area (Å²) in [7, 11) is -2.27. The van der Waals surface area contributed by atoms with Crippen LogP contribution >= 0.6 is 0 Å². The van der Waals surface area contributed by atoms with Crippen LogP contribution in [0.5, 0.6) is 0 Å². The molecule has 4 heterocycles. The van der Waals surface area contributed by atoms with E-state index in [1.807, 2.05) is 47.3 Å². The van der Waals surface area contributed by atoms with E-state index in [2.05, 4.69) is 20.8 Å². The van der Waals surface area contributed by atoms with Gasteiger partial charge in [-0.2, -0.15) is 5.10 Å². The molecular formula is C21H24N4O2S2. The van der Waals surface area contributed by atoms with Crippen LogP contribution in [0.1, 0.15) is 29.3 Å². The standard InChI is InChI=1S/C21H24N4O2S2/c1-7-29(27)21-19(23-25-15(5)13(3)12(2)14(4)20(21)25)17-11-24-9-8-16(28(6)26)10-18(24)22-17/h8-11H,7H2,1-6H3. The van der Waals surface area contributed by atoms with Crippen molar-refractivity contribution in [3.63, 3.8) is 0 Å². The van der Waals surface area contributed by atoms with Gasteiger partial charge in [0.2, 0.25) is 0 Å². The van der Waals surface area contributed by atoms with Crippen molar-refractivity contribution in [1.82, 2.24) is 19.0 Å². The summed E-state index contributed by atoms with van der Waals surface area (Å²) in [5.74, 6) is 0.506. The fourth-order valence-corrected chi connectivity index (χ4v) is 5.28. The van der Waals surface area contributed by atoms with Gasteiger partial charge in [0.05, 0.1) is 21.2 Å². The van der Waals surface area contributed by atoms with Crippen LogP contribution in [0.3, 0.4) is 0 Å². The normalized spacial score (nSPS) is 14.0. The van der Waals surface area contributed by atoms with E-state index in [0.717, 1.165) is 26.6 Å². The molecule has 2 unspecified atom stereocenters. The van der Waals surface area contributed by atoms with Crippen LogP contribution in [-0.4, -0.2) is 39.4 Å². The second kappa shape index (κ2) is 7.18. The lowest BCUT2D eigenvalue weighted by atomic mass is 10.0. The van der Waals surface area contributed by atoms with Gasteiger partial charge in [-0.3, -0.25) is 8.42 Å². The second-order valence-corrected chi connectivity index (χ2v) is 10.3. The molecule has 8 heteroatoms. The number of hydrogen-bond acceptors (Lipinski definition) is 4. The molecule has 0 saturated heterocycles. The topological polar surface area (TPSA) is 68.7 Å². The Hall–Kier alpha value is -2.32. The van der Waals surface area contributed by atoms with E-state index in [0.29, 0.717) is 22.8 Å². The summed E-state index contributed by atoms with van der Waals surface area (Å²) in [5, 5.41) is 4.85. The first-order chi connectivity index (χ1) is 13.7. The van der Waals surface area contributed by atoms with Crippen LogP contribution in [0.15, 0.2) is 34.3 Å². The number of fused-ring (bicyclic) bond motifs is 2. The number of aromatic nitrogens is 4. The van der Waals surface area contributed by atoms with E-state index < -0.39 is 21.6 Å². The van der Waals surface area contributed by atoms with Crippen LogP contribution < -0.4 is 0 Å².